The number of esters is 1. The summed E-state index contributed by atoms with van der Waals surface area (Å²) >= 11 is 3.22. The molecular formula is C10H9BrO3. The summed E-state index contributed by atoms with van der Waals surface area (Å²) in [5.74, 6) is -0.476. The van der Waals surface area contributed by atoms with E-state index in [1.807, 2.05) is 0 Å². The van der Waals surface area contributed by atoms with E-state index in [-0.39, 0.29) is 5.56 Å². The van der Waals surface area contributed by atoms with E-state index in [4.69, 9.17) is 4.74 Å². The number of carbonyl (C=O) groups is 2. The van der Waals surface area contributed by atoms with Gasteiger partial charge in [0.15, 0.2) is 6.29 Å². The van der Waals surface area contributed by atoms with Crippen LogP contribution in [0.15, 0.2) is 22.7 Å². The van der Waals surface area contributed by atoms with Crippen LogP contribution in [0.2, 0.25) is 0 Å². The highest BCUT2D eigenvalue weighted by atomic mass is 79.9. The number of hydrogen-bond donors (Lipinski definition) is 0. The number of ether oxygens (including phenoxy) is 1. The van der Waals surface area contributed by atoms with Gasteiger partial charge in [0, 0.05) is 10.0 Å². The molecule has 0 aliphatic heterocycles. The number of benzene rings is 1. The zero-order valence-corrected chi connectivity index (χ0v) is 9.21. The van der Waals surface area contributed by atoms with Crippen LogP contribution in [0.5, 0.6) is 0 Å². The van der Waals surface area contributed by atoms with Crippen molar-refractivity contribution in [2.45, 2.75) is 6.92 Å². The van der Waals surface area contributed by atoms with Crippen molar-refractivity contribution >= 4 is 28.2 Å². The van der Waals surface area contributed by atoms with Crippen LogP contribution in [-0.2, 0) is 4.74 Å². The van der Waals surface area contributed by atoms with E-state index in [1.54, 1.807) is 25.1 Å². The predicted octanol–water partition coefficient (Wildman–Crippen LogP) is 2.44. The fourth-order valence-electron chi connectivity index (χ4n) is 1.02. The maximum atomic E-state index is 11.4. The molecule has 0 fully saturated rings. The smallest absolute Gasteiger partial charge is 0.338 e. The summed E-state index contributed by atoms with van der Waals surface area (Å²) in [5, 5.41) is 0. The maximum Gasteiger partial charge on any atom is 0.338 e. The Morgan fingerprint density at radius 3 is 2.86 bits per heavy atom. The Kier molecular flexibility index (Phi) is 3.83. The second-order valence-electron chi connectivity index (χ2n) is 2.57. The highest BCUT2D eigenvalue weighted by Crippen LogP contribution is 2.16. The SMILES string of the molecule is CCOC(=O)c1cc(Br)ccc1C=O. The van der Waals surface area contributed by atoms with Crippen molar-refractivity contribution in [3.8, 4) is 0 Å². The Morgan fingerprint density at radius 1 is 1.57 bits per heavy atom. The standard InChI is InChI=1S/C10H9BrO3/c1-2-14-10(13)9-5-8(11)4-3-7(9)6-12/h3-6H,2H2,1H3. The summed E-state index contributed by atoms with van der Waals surface area (Å²) in [6, 6.07) is 4.84. The normalized spacial score (nSPS) is 9.57. The van der Waals surface area contributed by atoms with Gasteiger partial charge in [-0.05, 0) is 25.1 Å². The minimum absolute atomic E-state index is 0.288. The lowest BCUT2D eigenvalue weighted by atomic mass is 10.1. The zero-order valence-electron chi connectivity index (χ0n) is 7.62. The van der Waals surface area contributed by atoms with E-state index >= 15 is 0 Å². The molecule has 14 heavy (non-hydrogen) atoms. The molecule has 74 valence electrons. The van der Waals surface area contributed by atoms with Gasteiger partial charge in [0.25, 0.3) is 0 Å². The number of carbonyl (C=O) groups excluding carboxylic acids is 2. The van der Waals surface area contributed by atoms with Crippen molar-refractivity contribution in [2.75, 3.05) is 6.61 Å². The summed E-state index contributed by atoms with van der Waals surface area (Å²) in [4.78, 5) is 22.0. The van der Waals surface area contributed by atoms with Crippen LogP contribution in [0.4, 0.5) is 0 Å². The van der Waals surface area contributed by atoms with Gasteiger partial charge >= 0.3 is 5.97 Å². The third kappa shape index (κ3) is 2.42. The molecule has 0 N–H and O–H groups in total. The lowest BCUT2D eigenvalue weighted by Crippen LogP contribution is -2.07. The molecule has 0 saturated heterocycles. The molecule has 0 aliphatic rings. The van der Waals surface area contributed by atoms with E-state index in [0.29, 0.717) is 18.5 Å². The fourth-order valence-corrected chi connectivity index (χ4v) is 1.38. The Balaban J connectivity index is 3.10. The third-order valence-electron chi connectivity index (χ3n) is 1.64. The molecule has 0 saturated carbocycles. The minimum atomic E-state index is -0.476. The Bertz CT molecular complexity index is 360. The molecule has 0 amide bonds. The molecule has 0 bridgehead atoms. The van der Waals surface area contributed by atoms with Gasteiger partial charge in [0.2, 0.25) is 0 Å². The van der Waals surface area contributed by atoms with Gasteiger partial charge in [0.1, 0.15) is 0 Å². The van der Waals surface area contributed by atoms with Crippen LogP contribution in [0.3, 0.4) is 0 Å². The predicted molar refractivity (Wildman–Crippen MR) is 55.5 cm³/mol. The second kappa shape index (κ2) is 4.91. The van der Waals surface area contributed by atoms with Crippen LogP contribution in [-0.4, -0.2) is 18.9 Å². The van der Waals surface area contributed by atoms with Crippen molar-refractivity contribution in [1.82, 2.24) is 0 Å². The van der Waals surface area contributed by atoms with Crippen LogP contribution >= 0.6 is 15.9 Å². The van der Waals surface area contributed by atoms with E-state index in [2.05, 4.69) is 15.9 Å². The van der Waals surface area contributed by atoms with E-state index in [9.17, 15) is 9.59 Å². The highest BCUT2D eigenvalue weighted by molar-refractivity contribution is 9.10. The van der Waals surface area contributed by atoms with E-state index < -0.39 is 5.97 Å². The van der Waals surface area contributed by atoms with Crippen molar-refractivity contribution in [1.29, 1.82) is 0 Å². The molecule has 0 unspecified atom stereocenters. The maximum absolute atomic E-state index is 11.4. The average Bonchev–Trinajstić information content (AvgIpc) is 2.18. The van der Waals surface area contributed by atoms with Gasteiger partial charge in [-0.2, -0.15) is 0 Å². The molecule has 3 nitrogen and oxygen atoms in total. The number of halogens is 1. The second-order valence-corrected chi connectivity index (χ2v) is 3.49. The van der Waals surface area contributed by atoms with Gasteiger partial charge in [-0.1, -0.05) is 15.9 Å². The molecular weight excluding hydrogens is 248 g/mol. The van der Waals surface area contributed by atoms with Crippen LogP contribution in [0.1, 0.15) is 27.6 Å². The van der Waals surface area contributed by atoms with Crippen molar-refractivity contribution in [3.63, 3.8) is 0 Å². The molecule has 0 aliphatic carbocycles. The van der Waals surface area contributed by atoms with Gasteiger partial charge in [0.05, 0.1) is 12.2 Å². The minimum Gasteiger partial charge on any atom is -0.462 e. The van der Waals surface area contributed by atoms with Crippen molar-refractivity contribution in [2.24, 2.45) is 0 Å². The third-order valence-corrected chi connectivity index (χ3v) is 2.13. The Morgan fingerprint density at radius 2 is 2.29 bits per heavy atom. The highest BCUT2D eigenvalue weighted by Gasteiger charge is 2.11. The van der Waals surface area contributed by atoms with Crippen LogP contribution in [0.25, 0.3) is 0 Å². The topological polar surface area (TPSA) is 43.4 Å². The Labute approximate surface area is 90.2 Å². The van der Waals surface area contributed by atoms with Gasteiger partial charge in [-0.3, -0.25) is 4.79 Å². The summed E-state index contributed by atoms with van der Waals surface area (Å²) < 4.78 is 5.55. The summed E-state index contributed by atoms with van der Waals surface area (Å²) in [6.07, 6.45) is 0.638. The lowest BCUT2D eigenvalue weighted by Gasteiger charge is -2.04. The largest absolute Gasteiger partial charge is 0.462 e. The first-order valence-electron chi connectivity index (χ1n) is 4.11. The molecule has 0 aromatic heterocycles. The molecule has 0 radical (unpaired) electrons. The first-order valence-corrected chi connectivity index (χ1v) is 4.90. The number of aldehydes is 1. The van der Waals surface area contributed by atoms with Crippen LogP contribution < -0.4 is 0 Å². The first kappa shape index (κ1) is 10.9. The number of rotatable bonds is 3. The van der Waals surface area contributed by atoms with Gasteiger partial charge < -0.3 is 4.74 Å². The summed E-state index contributed by atoms with van der Waals surface area (Å²) in [6.45, 7) is 2.01. The van der Waals surface area contributed by atoms with Crippen LogP contribution in [0, 0.1) is 0 Å². The van der Waals surface area contributed by atoms with Crippen molar-refractivity contribution in [3.05, 3.63) is 33.8 Å². The average molecular weight is 257 g/mol. The number of hydrogen-bond acceptors (Lipinski definition) is 3. The zero-order chi connectivity index (χ0) is 10.6. The molecule has 0 atom stereocenters. The fraction of sp³-hybridized carbons (Fsp3) is 0.200. The quantitative estimate of drug-likeness (QED) is 0.617. The molecule has 0 spiro atoms. The Hall–Kier alpha value is -1.16. The molecule has 1 rings (SSSR count). The van der Waals surface area contributed by atoms with Crippen molar-refractivity contribution < 1.29 is 14.3 Å². The first-order chi connectivity index (χ1) is 6.69. The lowest BCUT2D eigenvalue weighted by molar-refractivity contribution is 0.0524. The van der Waals surface area contributed by atoms with E-state index in [1.165, 1.54) is 0 Å². The molecule has 1 aromatic carbocycles. The molecule has 4 heteroatoms. The molecule has 0 heterocycles. The van der Waals surface area contributed by atoms with Gasteiger partial charge in [-0.25, -0.2) is 4.79 Å². The molecule has 1 aromatic rings. The van der Waals surface area contributed by atoms with E-state index in [0.717, 1.165) is 4.47 Å². The summed E-state index contributed by atoms with van der Waals surface area (Å²) in [5.41, 5.74) is 0.628. The monoisotopic (exact) mass is 256 g/mol. The van der Waals surface area contributed by atoms with Gasteiger partial charge in [-0.15, -0.1) is 0 Å². The summed E-state index contributed by atoms with van der Waals surface area (Å²) in [7, 11) is 0.